The number of nitrogens with zero attached hydrogens (tertiary/aromatic N) is 2. The molecule has 1 aromatic rings. The second-order valence-corrected chi connectivity index (χ2v) is 6.78. The summed E-state index contributed by atoms with van der Waals surface area (Å²) in [6.45, 7) is 4.69. The molecule has 130 valence electrons. The topological polar surface area (TPSA) is 67.3 Å². The van der Waals surface area contributed by atoms with Crippen molar-refractivity contribution in [3.63, 3.8) is 0 Å². The van der Waals surface area contributed by atoms with Gasteiger partial charge >= 0.3 is 0 Å². The fourth-order valence-electron chi connectivity index (χ4n) is 2.48. The molecule has 24 heavy (non-hydrogen) atoms. The van der Waals surface area contributed by atoms with Crippen LogP contribution in [0.4, 0.5) is 0 Å². The van der Waals surface area contributed by atoms with Crippen LogP contribution in [0.5, 0.6) is 0 Å². The van der Waals surface area contributed by atoms with E-state index in [9.17, 15) is 4.79 Å². The zero-order valence-electron chi connectivity index (χ0n) is 14.6. The summed E-state index contributed by atoms with van der Waals surface area (Å²) in [6.07, 6.45) is 14.8. The van der Waals surface area contributed by atoms with Crippen LogP contribution in [0.3, 0.4) is 0 Å². The Kier molecular flexibility index (Phi) is 6.97. The number of aliphatic imine (C=N–C) groups is 1. The third-order valence-corrected chi connectivity index (χ3v) is 4.04. The van der Waals surface area contributed by atoms with Crippen molar-refractivity contribution in [2.75, 3.05) is 6.61 Å². The SMILES string of the molecule is CC(C)(C=O)CCCCCCOC1=CCC=C(c2ccn[nH]2)N=C1. The van der Waals surface area contributed by atoms with Crippen molar-refractivity contribution >= 4 is 18.2 Å². The van der Waals surface area contributed by atoms with E-state index in [0.717, 1.165) is 62.0 Å². The molecule has 1 aromatic heterocycles. The molecule has 2 heterocycles. The largest absolute Gasteiger partial charge is 0.492 e. The van der Waals surface area contributed by atoms with E-state index in [-0.39, 0.29) is 5.41 Å². The highest BCUT2D eigenvalue weighted by atomic mass is 16.5. The Morgan fingerprint density at radius 3 is 2.83 bits per heavy atom. The second kappa shape index (κ2) is 9.21. The highest BCUT2D eigenvalue weighted by molar-refractivity contribution is 5.83. The van der Waals surface area contributed by atoms with Gasteiger partial charge in [0.25, 0.3) is 0 Å². The highest BCUT2D eigenvalue weighted by Gasteiger charge is 2.15. The molecule has 0 amide bonds. The fourth-order valence-corrected chi connectivity index (χ4v) is 2.48. The smallest absolute Gasteiger partial charge is 0.133 e. The summed E-state index contributed by atoms with van der Waals surface area (Å²) in [5, 5.41) is 6.86. The van der Waals surface area contributed by atoms with E-state index < -0.39 is 0 Å². The first-order valence-corrected chi connectivity index (χ1v) is 8.64. The van der Waals surface area contributed by atoms with Crippen molar-refractivity contribution < 1.29 is 9.53 Å². The van der Waals surface area contributed by atoms with Crippen LogP contribution in [0, 0.1) is 5.41 Å². The summed E-state index contributed by atoms with van der Waals surface area (Å²) < 4.78 is 5.79. The van der Waals surface area contributed by atoms with Crippen molar-refractivity contribution in [1.82, 2.24) is 10.2 Å². The van der Waals surface area contributed by atoms with E-state index >= 15 is 0 Å². The number of allylic oxidation sites excluding steroid dienone is 3. The van der Waals surface area contributed by atoms with Crippen LogP contribution < -0.4 is 0 Å². The van der Waals surface area contributed by atoms with Gasteiger partial charge in [-0.1, -0.05) is 39.2 Å². The standard InChI is InChI=1S/C19H27N3O2/c1-19(2,15-23)11-5-3-4-6-13-24-16-8-7-9-17(20-14-16)18-10-12-21-22-18/h8-10,12,14-15H,3-7,11,13H2,1-2H3,(H,21,22). The molecule has 0 saturated carbocycles. The Hall–Kier alpha value is -2.17. The quantitative estimate of drug-likeness (QED) is 0.514. The van der Waals surface area contributed by atoms with Crippen LogP contribution in [0.2, 0.25) is 0 Å². The molecular formula is C19H27N3O2. The van der Waals surface area contributed by atoms with Gasteiger partial charge in [0.2, 0.25) is 0 Å². The summed E-state index contributed by atoms with van der Waals surface area (Å²) in [6, 6.07) is 1.90. The zero-order valence-corrected chi connectivity index (χ0v) is 14.6. The number of carbonyl (C=O) groups excluding carboxylic acids is 1. The number of ether oxygens (including phenoxy) is 1. The number of H-pyrrole nitrogens is 1. The van der Waals surface area contributed by atoms with Gasteiger partial charge in [0.05, 0.1) is 24.2 Å². The minimum Gasteiger partial charge on any atom is -0.492 e. The maximum atomic E-state index is 10.8. The molecule has 0 unspecified atom stereocenters. The van der Waals surface area contributed by atoms with Crippen molar-refractivity contribution in [3.8, 4) is 0 Å². The second-order valence-electron chi connectivity index (χ2n) is 6.78. The first-order chi connectivity index (χ1) is 11.6. The van der Waals surface area contributed by atoms with Crippen LogP contribution >= 0.6 is 0 Å². The van der Waals surface area contributed by atoms with Gasteiger partial charge in [0.15, 0.2) is 0 Å². The Morgan fingerprint density at radius 1 is 1.25 bits per heavy atom. The number of hydrogen-bond donors (Lipinski definition) is 1. The van der Waals surface area contributed by atoms with Gasteiger partial charge in [-0.3, -0.25) is 10.1 Å². The molecule has 0 radical (unpaired) electrons. The van der Waals surface area contributed by atoms with Gasteiger partial charge < -0.3 is 9.53 Å². The molecule has 0 fully saturated rings. The number of aldehydes is 1. The Balaban J connectivity index is 1.61. The fraction of sp³-hybridized carbons (Fsp3) is 0.526. The van der Waals surface area contributed by atoms with Gasteiger partial charge in [0.1, 0.15) is 12.0 Å². The number of hydrogen-bond acceptors (Lipinski definition) is 4. The average molecular weight is 329 g/mol. The molecular weight excluding hydrogens is 302 g/mol. The van der Waals surface area contributed by atoms with Gasteiger partial charge in [-0.2, -0.15) is 5.10 Å². The third-order valence-electron chi connectivity index (χ3n) is 4.04. The van der Waals surface area contributed by atoms with Crippen LogP contribution in [-0.4, -0.2) is 29.3 Å². The number of carbonyl (C=O) groups is 1. The molecule has 0 aliphatic carbocycles. The van der Waals surface area contributed by atoms with E-state index in [0.29, 0.717) is 6.61 Å². The predicted molar refractivity (Wildman–Crippen MR) is 96.6 cm³/mol. The zero-order chi connectivity index (χ0) is 17.3. The number of aromatic amines is 1. The van der Waals surface area contributed by atoms with Crippen LogP contribution in [-0.2, 0) is 9.53 Å². The van der Waals surface area contributed by atoms with Crippen LogP contribution in [0.1, 0.15) is 58.1 Å². The van der Waals surface area contributed by atoms with E-state index in [2.05, 4.69) is 21.3 Å². The molecule has 0 atom stereocenters. The van der Waals surface area contributed by atoms with Gasteiger partial charge in [-0.25, -0.2) is 0 Å². The lowest BCUT2D eigenvalue weighted by Crippen LogP contribution is -2.12. The van der Waals surface area contributed by atoms with Gasteiger partial charge in [-0.05, 0) is 31.4 Å². The molecule has 1 aliphatic rings. The molecule has 0 spiro atoms. The first kappa shape index (κ1) is 18.2. The van der Waals surface area contributed by atoms with E-state index in [1.54, 1.807) is 12.4 Å². The highest BCUT2D eigenvalue weighted by Crippen LogP contribution is 2.21. The monoisotopic (exact) mass is 329 g/mol. The molecule has 1 aliphatic heterocycles. The summed E-state index contributed by atoms with van der Waals surface area (Å²) in [7, 11) is 0. The molecule has 2 rings (SSSR count). The first-order valence-electron chi connectivity index (χ1n) is 8.64. The normalized spacial score (nSPS) is 14.8. The molecule has 1 N–H and O–H groups in total. The number of aromatic nitrogens is 2. The Labute approximate surface area is 143 Å². The predicted octanol–water partition coefficient (Wildman–Crippen LogP) is 4.30. The molecule has 0 aromatic carbocycles. The molecule has 0 saturated heterocycles. The van der Waals surface area contributed by atoms with Crippen molar-refractivity contribution in [2.45, 2.75) is 52.4 Å². The lowest BCUT2D eigenvalue weighted by Gasteiger charge is -2.15. The van der Waals surface area contributed by atoms with E-state index in [4.69, 9.17) is 4.74 Å². The summed E-state index contributed by atoms with van der Waals surface area (Å²) in [5.41, 5.74) is 1.62. The Morgan fingerprint density at radius 2 is 2.08 bits per heavy atom. The van der Waals surface area contributed by atoms with Gasteiger partial charge in [0, 0.05) is 11.6 Å². The summed E-state index contributed by atoms with van der Waals surface area (Å²) >= 11 is 0. The number of nitrogens with one attached hydrogen (secondary N) is 1. The van der Waals surface area contributed by atoms with Crippen molar-refractivity contribution in [3.05, 3.63) is 35.9 Å². The maximum absolute atomic E-state index is 10.8. The minimum atomic E-state index is -0.183. The number of unbranched alkanes of at least 4 members (excludes halogenated alkanes) is 3. The summed E-state index contributed by atoms with van der Waals surface area (Å²) in [5.74, 6) is 0.822. The van der Waals surface area contributed by atoms with Crippen LogP contribution in [0.25, 0.3) is 5.70 Å². The van der Waals surface area contributed by atoms with Crippen LogP contribution in [0.15, 0.2) is 35.2 Å². The van der Waals surface area contributed by atoms with E-state index in [1.807, 2.05) is 26.0 Å². The summed E-state index contributed by atoms with van der Waals surface area (Å²) in [4.78, 5) is 15.3. The van der Waals surface area contributed by atoms with E-state index in [1.165, 1.54) is 0 Å². The molecule has 5 nitrogen and oxygen atoms in total. The lowest BCUT2D eigenvalue weighted by atomic mass is 9.89. The third kappa shape index (κ3) is 6.14. The minimum absolute atomic E-state index is 0.183. The number of rotatable bonds is 10. The maximum Gasteiger partial charge on any atom is 0.133 e. The van der Waals surface area contributed by atoms with Crippen molar-refractivity contribution in [1.29, 1.82) is 0 Å². The lowest BCUT2D eigenvalue weighted by molar-refractivity contribution is -0.115. The average Bonchev–Trinajstić information content (AvgIpc) is 3.00. The molecule has 5 heteroatoms. The molecule has 0 bridgehead atoms. The van der Waals surface area contributed by atoms with Gasteiger partial charge in [-0.15, -0.1) is 0 Å². The van der Waals surface area contributed by atoms with Crippen molar-refractivity contribution in [2.24, 2.45) is 10.4 Å². The Bertz CT molecular complexity index is 598.